The molecule has 1 amide bonds. The van der Waals surface area contributed by atoms with Crippen molar-refractivity contribution in [3.05, 3.63) is 53.9 Å². The summed E-state index contributed by atoms with van der Waals surface area (Å²) >= 11 is 0. The van der Waals surface area contributed by atoms with E-state index in [4.69, 9.17) is 4.74 Å². The van der Waals surface area contributed by atoms with E-state index in [2.05, 4.69) is 5.10 Å². The molecule has 2 aromatic rings. The minimum absolute atomic E-state index is 0.0901. The molecule has 1 unspecified atom stereocenters. The second kappa shape index (κ2) is 9.49. The number of carbonyl (C=O) groups excluding carboxylic acids is 1. The highest BCUT2D eigenvalue weighted by atomic mass is 32.2. The molecular formula is C26H30F3N3O4S. The Kier molecular flexibility index (Phi) is 6.62. The van der Waals surface area contributed by atoms with Crippen LogP contribution in [-0.4, -0.2) is 46.4 Å². The Hall–Kier alpha value is -2.82. The summed E-state index contributed by atoms with van der Waals surface area (Å²) in [6, 6.07) is 8.41. The SMILES string of the molecule is CC1(c2ccc(OCCCC(F)(F)F)cc2)CC(c2ccn(CC3CC3)n2)=CC(=O)N1S(=O)(=O)C1CC1. The molecule has 2 heterocycles. The molecule has 0 N–H and O–H groups in total. The van der Waals surface area contributed by atoms with Crippen molar-refractivity contribution in [3.8, 4) is 5.75 Å². The van der Waals surface area contributed by atoms with Crippen molar-refractivity contribution < 1.29 is 31.1 Å². The fourth-order valence-electron chi connectivity index (χ4n) is 4.82. The lowest BCUT2D eigenvalue weighted by Crippen LogP contribution is -2.53. The summed E-state index contributed by atoms with van der Waals surface area (Å²) in [6.07, 6.45) is 1.61. The summed E-state index contributed by atoms with van der Waals surface area (Å²) in [4.78, 5) is 13.4. The second-order valence-electron chi connectivity index (χ2n) is 10.4. The number of halogens is 3. The fourth-order valence-corrected chi connectivity index (χ4v) is 6.89. The number of hydrogen-bond donors (Lipinski definition) is 0. The van der Waals surface area contributed by atoms with Crippen LogP contribution in [0.4, 0.5) is 13.2 Å². The maximum Gasteiger partial charge on any atom is 0.389 e. The van der Waals surface area contributed by atoms with Gasteiger partial charge in [0.25, 0.3) is 5.91 Å². The highest BCUT2D eigenvalue weighted by molar-refractivity contribution is 7.90. The molecule has 1 aliphatic heterocycles. The molecule has 5 rings (SSSR count). The van der Waals surface area contributed by atoms with Crippen LogP contribution in [0.15, 0.2) is 42.6 Å². The van der Waals surface area contributed by atoms with Gasteiger partial charge in [-0.3, -0.25) is 9.48 Å². The van der Waals surface area contributed by atoms with Gasteiger partial charge in [-0.25, -0.2) is 12.7 Å². The van der Waals surface area contributed by atoms with Gasteiger partial charge in [-0.05, 0) is 74.3 Å². The predicted molar refractivity (Wildman–Crippen MR) is 131 cm³/mol. The summed E-state index contributed by atoms with van der Waals surface area (Å²) < 4.78 is 72.2. The molecule has 0 bridgehead atoms. The molecule has 200 valence electrons. The van der Waals surface area contributed by atoms with Gasteiger partial charge in [-0.2, -0.15) is 18.3 Å². The maximum atomic E-state index is 13.4. The van der Waals surface area contributed by atoms with E-state index in [9.17, 15) is 26.4 Å². The van der Waals surface area contributed by atoms with E-state index >= 15 is 0 Å². The second-order valence-corrected chi connectivity index (χ2v) is 12.5. The summed E-state index contributed by atoms with van der Waals surface area (Å²) in [6.45, 7) is 2.47. The summed E-state index contributed by atoms with van der Waals surface area (Å²) in [5.74, 6) is 0.413. The number of ether oxygens (including phenoxy) is 1. The smallest absolute Gasteiger partial charge is 0.389 e. The van der Waals surface area contributed by atoms with Gasteiger partial charge in [0.1, 0.15) is 5.75 Å². The number of carbonyl (C=O) groups is 1. The van der Waals surface area contributed by atoms with Crippen molar-refractivity contribution >= 4 is 21.5 Å². The van der Waals surface area contributed by atoms with E-state index in [1.807, 2.05) is 16.9 Å². The molecule has 2 saturated carbocycles. The summed E-state index contributed by atoms with van der Waals surface area (Å²) in [7, 11) is -3.87. The van der Waals surface area contributed by atoms with E-state index in [1.54, 1.807) is 31.2 Å². The topological polar surface area (TPSA) is 81.5 Å². The Morgan fingerprint density at radius 3 is 2.43 bits per heavy atom. The molecule has 0 spiro atoms. The standard InChI is InChI=1S/C26H30F3N3O4S/c1-25(20-5-7-21(8-6-20)36-14-2-12-26(27,28)29)16-19(23-11-13-31(30-23)17-18-3-4-18)15-24(33)32(25)37(34,35)22-9-10-22/h5-8,11,13,15,18,22H,2-4,9-10,12,14,16-17H2,1H3. The van der Waals surface area contributed by atoms with E-state index in [1.165, 1.54) is 18.9 Å². The zero-order chi connectivity index (χ0) is 26.4. The largest absolute Gasteiger partial charge is 0.494 e. The van der Waals surface area contributed by atoms with Crippen LogP contribution in [0.3, 0.4) is 0 Å². The Morgan fingerprint density at radius 2 is 1.81 bits per heavy atom. The molecule has 0 saturated heterocycles. The van der Waals surface area contributed by atoms with Crippen LogP contribution in [0.5, 0.6) is 5.75 Å². The predicted octanol–water partition coefficient (Wildman–Crippen LogP) is 5.04. The average Bonchev–Trinajstić information content (AvgIpc) is 3.74. The third-order valence-electron chi connectivity index (χ3n) is 7.14. The first-order chi connectivity index (χ1) is 17.5. The molecule has 1 atom stereocenters. The number of benzene rings is 1. The van der Waals surface area contributed by atoms with Gasteiger partial charge in [0.15, 0.2) is 0 Å². The molecule has 0 radical (unpaired) electrons. The number of sulfonamides is 1. The average molecular weight is 538 g/mol. The van der Waals surface area contributed by atoms with Gasteiger partial charge in [-0.15, -0.1) is 0 Å². The van der Waals surface area contributed by atoms with Crippen LogP contribution in [0.2, 0.25) is 0 Å². The third kappa shape index (κ3) is 5.71. The Balaban J connectivity index is 1.40. The molecule has 37 heavy (non-hydrogen) atoms. The van der Waals surface area contributed by atoms with Crippen LogP contribution in [0.25, 0.3) is 5.57 Å². The van der Waals surface area contributed by atoms with Crippen LogP contribution in [0, 0.1) is 5.92 Å². The van der Waals surface area contributed by atoms with Crippen molar-refractivity contribution in [1.29, 1.82) is 0 Å². The number of rotatable bonds is 10. The Bertz CT molecular complexity index is 1300. The zero-order valence-corrected chi connectivity index (χ0v) is 21.4. The lowest BCUT2D eigenvalue weighted by molar-refractivity contribution is -0.136. The van der Waals surface area contributed by atoms with Gasteiger partial charge in [0.2, 0.25) is 10.0 Å². The van der Waals surface area contributed by atoms with Gasteiger partial charge in [-0.1, -0.05) is 12.1 Å². The normalized spacial score (nSPS) is 22.8. The highest BCUT2D eigenvalue weighted by Crippen LogP contribution is 2.46. The summed E-state index contributed by atoms with van der Waals surface area (Å²) in [5, 5.41) is 4.07. The molecule has 2 fully saturated rings. The molecule has 7 nitrogen and oxygen atoms in total. The van der Waals surface area contributed by atoms with Crippen molar-refractivity contribution in [2.75, 3.05) is 6.61 Å². The molecule has 2 aliphatic carbocycles. The minimum Gasteiger partial charge on any atom is -0.494 e. The number of nitrogens with zero attached hydrogens (tertiary/aromatic N) is 3. The van der Waals surface area contributed by atoms with Crippen molar-refractivity contribution in [2.45, 2.75) is 75.4 Å². The molecule has 1 aromatic heterocycles. The molecule has 1 aromatic carbocycles. The minimum atomic E-state index is -4.23. The molecular weight excluding hydrogens is 507 g/mol. The van der Waals surface area contributed by atoms with Gasteiger partial charge in [0, 0.05) is 31.7 Å². The number of alkyl halides is 3. The lowest BCUT2D eigenvalue weighted by Gasteiger charge is -2.43. The number of hydrogen-bond acceptors (Lipinski definition) is 5. The van der Waals surface area contributed by atoms with E-state index < -0.39 is 39.3 Å². The van der Waals surface area contributed by atoms with Crippen LogP contribution >= 0.6 is 0 Å². The van der Waals surface area contributed by atoms with Crippen LogP contribution in [0.1, 0.15) is 63.1 Å². The van der Waals surface area contributed by atoms with Crippen molar-refractivity contribution in [3.63, 3.8) is 0 Å². The fraction of sp³-hybridized carbons (Fsp3) is 0.538. The van der Waals surface area contributed by atoms with E-state index in [0.29, 0.717) is 41.3 Å². The Labute approximate surface area is 214 Å². The zero-order valence-electron chi connectivity index (χ0n) is 20.6. The Morgan fingerprint density at radius 1 is 1.11 bits per heavy atom. The first-order valence-corrected chi connectivity index (χ1v) is 14.1. The van der Waals surface area contributed by atoms with E-state index in [-0.39, 0.29) is 19.4 Å². The quantitative estimate of drug-likeness (QED) is 0.397. The van der Waals surface area contributed by atoms with Gasteiger partial charge >= 0.3 is 6.18 Å². The van der Waals surface area contributed by atoms with Gasteiger partial charge in [0.05, 0.1) is 23.1 Å². The van der Waals surface area contributed by atoms with Crippen LogP contribution in [-0.2, 0) is 26.9 Å². The molecule has 3 aliphatic rings. The highest BCUT2D eigenvalue weighted by Gasteiger charge is 2.52. The third-order valence-corrected chi connectivity index (χ3v) is 9.55. The maximum absolute atomic E-state index is 13.4. The van der Waals surface area contributed by atoms with Gasteiger partial charge < -0.3 is 4.74 Å². The molecule has 11 heteroatoms. The first-order valence-electron chi connectivity index (χ1n) is 12.6. The monoisotopic (exact) mass is 537 g/mol. The number of amides is 1. The van der Waals surface area contributed by atoms with Crippen molar-refractivity contribution in [2.24, 2.45) is 5.92 Å². The van der Waals surface area contributed by atoms with E-state index in [0.717, 1.165) is 10.8 Å². The lowest BCUT2D eigenvalue weighted by atomic mass is 9.82. The number of aromatic nitrogens is 2. The summed E-state index contributed by atoms with van der Waals surface area (Å²) in [5.41, 5.74) is 0.707. The van der Waals surface area contributed by atoms with Crippen LogP contribution < -0.4 is 4.74 Å². The first kappa shape index (κ1) is 25.8. The van der Waals surface area contributed by atoms with Crippen molar-refractivity contribution in [1.82, 2.24) is 14.1 Å².